The molecule has 27 heavy (non-hydrogen) atoms. The molecule has 0 saturated carbocycles. The van der Waals surface area contributed by atoms with Crippen LogP contribution in [0.2, 0.25) is 0 Å². The molecule has 0 spiro atoms. The fraction of sp³-hybridized carbons (Fsp3) is 0.0952. The number of hydrogen-bond donors (Lipinski definition) is 3. The van der Waals surface area contributed by atoms with Crippen molar-refractivity contribution in [3.8, 4) is 0 Å². The fourth-order valence-electron chi connectivity index (χ4n) is 2.92. The molecule has 6 heteroatoms. The van der Waals surface area contributed by atoms with Crippen LogP contribution < -0.4 is 10.6 Å². The molecule has 0 aliphatic heterocycles. The molecule has 2 heterocycles. The first-order valence-electron chi connectivity index (χ1n) is 8.74. The standard InChI is InChI=1S/C21H19N5O/c27-21(12-16-14-22-18-9-5-4-8-17(16)18)24-20-11-10-19(25-26-20)23-13-15-6-2-1-3-7-15/h1-11,14,22H,12-13H2,(H,23,25)(H,24,26,27). The zero-order valence-electron chi connectivity index (χ0n) is 14.6. The van der Waals surface area contributed by atoms with Gasteiger partial charge in [-0.05, 0) is 29.3 Å². The lowest BCUT2D eigenvalue weighted by Gasteiger charge is -2.07. The van der Waals surface area contributed by atoms with Crippen molar-refractivity contribution in [2.75, 3.05) is 10.6 Å². The summed E-state index contributed by atoms with van der Waals surface area (Å²) in [6.45, 7) is 0.668. The number of para-hydroxylation sites is 1. The smallest absolute Gasteiger partial charge is 0.230 e. The number of nitrogens with one attached hydrogen (secondary N) is 3. The van der Waals surface area contributed by atoms with Gasteiger partial charge in [-0.1, -0.05) is 48.5 Å². The predicted octanol–water partition coefficient (Wildman–Crippen LogP) is 3.75. The maximum Gasteiger partial charge on any atom is 0.230 e. The van der Waals surface area contributed by atoms with Gasteiger partial charge in [0.25, 0.3) is 0 Å². The van der Waals surface area contributed by atoms with E-state index in [9.17, 15) is 4.79 Å². The third-order valence-electron chi connectivity index (χ3n) is 4.27. The molecule has 0 radical (unpaired) electrons. The van der Waals surface area contributed by atoms with Crippen molar-refractivity contribution in [3.05, 3.63) is 84.1 Å². The lowest BCUT2D eigenvalue weighted by molar-refractivity contribution is -0.115. The predicted molar refractivity (Wildman–Crippen MR) is 106 cm³/mol. The largest absolute Gasteiger partial charge is 0.365 e. The lowest BCUT2D eigenvalue weighted by Crippen LogP contribution is -2.15. The van der Waals surface area contributed by atoms with E-state index < -0.39 is 0 Å². The molecule has 0 unspecified atom stereocenters. The summed E-state index contributed by atoms with van der Waals surface area (Å²) in [6, 6.07) is 21.5. The highest BCUT2D eigenvalue weighted by Crippen LogP contribution is 2.18. The van der Waals surface area contributed by atoms with Gasteiger partial charge in [0, 0.05) is 23.6 Å². The van der Waals surface area contributed by atoms with Gasteiger partial charge >= 0.3 is 0 Å². The van der Waals surface area contributed by atoms with Crippen molar-refractivity contribution >= 4 is 28.4 Å². The van der Waals surface area contributed by atoms with Crippen molar-refractivity contribution < 1.29 is 4.79 Å². The van der Waals surface area contributed by atoms with Crippen molar-refractivity contribution in [1.29, 1.82) is 0 Å². The number of amides is 1. The normalized spacial score (nSPS) is 10.7. The minimum atomic E-state index is -0.126. The summed E-state index contributed by atoms with van der Waals surface area (Å²) in [5, 5.41) is 15.2. The van der Waals surface area contributed by atoms with E-state index in [1.54, 1.807) is 12.1 Å². The number of carbonyl (C=O) groups excluding carboxylic acids is 1. The van der Waals surface area contributed by atoms with E-state index in [2.05, 4.69) is 25.8 Å². The molecule has 1 amide bonds. The van der Waals surface area contributed by atoms with E-state index in [1.807, 2.05) is 60.8 Å². The SMILES string of the molecule is O=C(Cc1c[nH]c2ccccc12)Nc1ccc(NCc2ccccc2)nn1. The Morgan fingerprint density at radius 2 is 1.63 bits per heavy atom. The Bertz CT molecular complexity index is 1040. The van der Waals surface area contributed by atoms with Gasteiger partial charge in [-0.2, -0.15) is 0 Å². The van der Waals surface area contributed by atoms with Gasteiger partial charge in [-0.3, -0.25) is 4.79 Å². The zero-order chi connectivity index (χ0) is 18.5. The van der Waals surface area contributed by atoms with Crippen LogP contribution in [-0.2, 0) is 17.8 Å². The minimum absolute atomic E-state index is 0.126. The number of anilines is 2. The molecule has 0 bridgehead atoms. The molecule has 4 rings (SSSR count). The van der Waals surface area contributed by atoms with Crippen LogP contribution in [0.25, 0.3) is 10.9 Å². The summed E-state index contributed by atoms with van der Waals surface area (Å²) in [5.41, 5.74) is 3.14. The molecule has 2 aromatic heterocycles. The number of carbonyl (C=O) groups is 1. The number of fused-ring (bicyclic) bond motifs is 1. The topological polar surface area (TPSA) is 82.7 Å². The molecular weight excluding hydrogens is 338 g/mol. The maximum atomic E-state index is 12.3. The molecule has 0 saturated heterocycles. The molecule has 2 aromatic carbocycles. The monoisotopic (exact) mass is 357 g/mol. The molecule has 6 nitrogen and oxygen atoms in total. The first kappa shape index (κ1) is 16.8. The summed E-state index contributed by atoms with van der Waals surface area (Å²) < 4.78 is 0. The second kappa shape index (κ2) is 7.70. The van der Waals surface area contributed by atoms with E-state index in [1.165, 1.54) is 0 Å². The van der Waals surface area contributed by atoms with Crippen molar-refractivity contribution in [1.82, 2.24) is 15.2 Å². The van der Waals surface area contributed by atoms with Crippen LogP contribution >= 0.6 is 0 Å². The highest BCUT2D eigenvalue weighted by Gasteiger charge is 2.09. The Kier molecular flexibility index (Phi) is 4.78. The number of aromatic nitrogens is 3. The van der Waals surface area contributed by atoms with Crippen molar-refractivity contribution in [2.24, 2.45) is 0 Å². The molecular formula is C21H19N5O. The number of hydrogen-bond acceptors (Lipinski definition) is 4. The zero-order valence-corrected chi connectivity index (χ0v) is 14.6. The van der Waals surface area contributed by atoms with Crippen LogP contribution in [0.1, 0.15) is 11.1 Å². The molecule has 4 aromatic rings. The van der Waals surface area contributed by atoms with Crippen LogP contribution in [0, 0.1) is 0 Å². The average Bonchev–Trinajstić information content (AvgIpc) is 3.11. The second-order valence-corrected chi connectivity index (χ2v) is 6.23. The van der Waals surface area contributed by atoms with Gasteiger partial charge in [0.1, 0.15) is 5.82 Å². The summed E-state index contributed by atoms with van der Waals surface area (Å²) in [4.78, 5) is 15.5. The Hall–Kier alpha value is -3.67. The number of benzene rings is 2. The van der Waals surface area contributed by atoms with E-state index in [0.29, 0.717) is 18.2 Å². The number of H-pyrrole nitrogens is 1. The molecule has 0 fully saturated rings. The van der Waals surface area contributed by atoms with Crippen molar-refractivity contribution in [2.45, 2.75) is 13.0 Å². The van der Waals surface area contributed by atoms with Crippen molar-refractivity contribution in [3.63, 3.8) is 0 Å². The molecule has 134 valence electrons. The first-order chi connectivity index (χ1) is 13.3. The summed E-state index contributed by atoms with van der Waals surface area (Å²) >= 11 is 0. The van der Waals surface area contributed by atoms with Crippen LogP contribution in [-0.4, -0.2) is 21.1 Å². The minimum Gasteiger partial charge on any atom is -0.365 e. The fourth-order valence-corrected chi connectivity index (χ4v) is 2.92. The second-order valence-electron chi connectivity index (χ2n) is 6.23. The number of rotatable bonds is 6. The van der Waals surface area contributed by atoms with Gasteiger partial charge in [0.05, 0.1) is 6.42 Å². The lowest BCUT2D eigenvalue weighted by atomic mass is 10.1. The van der Waals surface area contributed by atoms with Crippen LogP contribution in [0.15, 0.2) is 72.9 Å². The van der Waals surface area contributed by atoms with Gasteiger partial charge in [0.2, 0.25) is 5.91 Å². The van der Waals surface area contributed by atoms with E-state index in [-0.39, 0.29) is 12.3 Å². The quantitative estimate of drug-likeness (QED) is 0.491. The van der Waals surface area contributed by atoms with E-state index in [4.69, 9.17) is 0 Å². The summed E-state index contributed by atoms with van der Waals surface area (Å²) in [7, 11) is 0. The van der Waals surface area contributed by atoms with E-state index in [0.717, 1.165) is 22.0 Å². The van der Waals surface area contributed by atoms with Crippen LogP contribution in [0.4, 0.5) is 11.6 Å². The first-order valence-corrected chi connectivity index (χ1v) is 8.74. The van der Waals surface area contributed by atoms with Gasteiger partial charge in [0.15, 0.2) is 5.82 Å². The van der Waals surface area contributed by atoms with Gasteiger partial charge < -0.3 is 15.6 Å². The Morgan fingerprint density at radius 3 is 2.44 bits per heavy atom. The summed E-state index contributed by atoms with van der Waals surface area (Å²) in [5.74, 6) is 0.970. The number of aromatic amines is 1. The highest BCUT2D eigenvalue weighted by molar-refractivity contribution is 5.95. The van der Waals surface area contributed by atoms with Crippen LogP contribution in [0.3, 0.4) is 0 Å². The summed E-state index contributed by atoms with van der Waals surface area (Å²) in [6.07, 6.45) is 2.15. The highest BCUT2D eigenvalue weighted by atomic mass is 16.1. The number of nitrogens with zero attached hydrogens (tertiary/aromatic N) is 2. The Labute approximate surface area is 156 Å². The van der Waals surface area contributed by atoms with Crippen LogP contribution in [0.5, 0.6) is 0 Å². The molecule has 0 aliphatic rings. The Morgan fingerprint density at radius 1 is 0.889 bits per heavy atom. The third-order valence-corrected chi connectivity index (χ3v) is 4.27. The third kappa shape index (κ3) is 4.12. The van der Waals surface area contributed by atoms with Gasteiger partial charge in [-0.25, -0.2) is 0 Å². The van der Waals surface area contributed by atoms with Gasteiger partial charge in [-0.15, -0.1) is 10.2 Å². The molecule has 0 atom stereocenters. The maximum absolute atomic E-state index is 12.3. The van der Waals surface area contributed by atoms with E-state index >= 15 is 0 Å². The molecule has 3 N–H and O–H groups in total. The molecule has 0 aliphatic carbocycles. The Balaban J connectivity index is 1.34. The average molecular weight is 357 g/mol.